The maximum atomic E-state index is 12.8. The smallest absolute Gasteiger partial charge is 0.306 e. The molecule has 0 aromatic heterocycles. The third kappa shape index (κ3) is 50.2. The SMILES string of the molecule is CC/C=C\C/C=C\C/C=C\C/C=C\CCCCCCC(=O)OCC(COCCCCCCCCCCCCCCCCCC)OC(=O)CCCCCCC/C=C\CCCCCC. The quantitative estimate of drug-likeness (QED) is 0.0346. The Balaban J connectivity index is 4.29. The van der Waals surface area contributed by atoms with E-state index in [4.69, 9.17) is 14.2 Å². The minimum Gasteiger partial charge on any atom is -0.462 e. The number of ether oxygens (including phenoxy) is 3. The lowest BCUT2D eigenvalue weighted by Gasteiger charge is -2.18. The van der Waals surface area contributed by atoms with Crippen molar-refractivity contribution in [1.82, 2.24) is 0 Å². The summed E-state index contributed by atoms with van der Waals surface area (Å²) in [6.07, 6.45) is 66.6. The number of rotatable bonds is 49. The summed E-state index contributed by atoms with van der Waals surface area (Å²) in [7, 11) is 0. The van der Waals surface area contributed by atoms with Gasteiger partial charge in [0.1, 0.15) is 6.61 Å². The topological polar surface area (TPSA) is 61.8 Å². The van der Waals surface area contributed by atoms with Gasteiger partial charge >= 0.3 is 11.9 Å². The fourth-order valence-electron chi connectivity index (χ4n) is 7.56. The first-order valence-electron chi connectivity index (χ1n) is 26.8. The number of unbranched alkanes of at least 4 members (excludes halogenated alkanes) is 28. The van der Waals surface area contributed by atoms with Gasteiger partial charge in [0.2, 0.25) is 0 Å². The molecular formula is C57H102O5. The average molecular weight is 867 g/mol. The van der Waals surface area contributed by atoms with Gasteiger partial charge in [-0.1, -0.05) is 229 Å². The van der Waals surface area contributed by atoms with Crippen LogP contribution in [0.15, 0.2) is 60.8 Å². The van der Waals surface area contributed by atoms with Gasteiger partial charge in [-0.2, -0.15) is 0 Å². The van der Waals surface area contributed by atoms with Gasteiger partial charge in [0.15, 0.2) is 6.10 Å². The van der Waals surface area contributed by atoms with Crippen molar-refractivity contribution in [3.63, 3.8) is 0 Å². The molecule has 0 aliphatic rings. The van der Waals surface area contributed by atoms with Crippen LogP contribution < -0.4 is 0 Å². The molecule has 0 aromatic carbocycles. The van der Waals surface area contributed by atoms with Crippen LogP contribution in [0.5, 0.6) is 0 Å². The molecule has 0 amide bonds. The summed E-state index contributed by atoms with van der Waals surface area (Å²) < 4.78 is 17.4. The Kier molecular flexibility index (Phi) is 50.9. The van der Waals surface area contributed by atoms with Crippen LogP contribution in [0, 0.1) is 0 Å². The molecule has 0 aromatic rings. The van der Waals surface area contributed by atoms with Crippen LogP contribution in [-0.2, 0) is 23.8 Å². The zero-order valence-corrected chi connectivity index (χ0v) is 41.4. The summed E-state index contributed by atoms with van der Waals surface area (Å²) in [4.78, 5) is 25.4. The van der Waals surface area contributed by atoms with E-state index in [2.05, 4.69) is 81.5 Å². The van der Waals surface area contributed by atoms with E-state index in [0.717, 1.165) is 96.3 Å². The van der Waals surface area contributed by atoms with E-state index in [1.165, 1.54) is 135 Å². The maximum Gasteiger partial charge on any atom is 0.306 e. The summed E-state index contributed by atoms with van der Waals surface area (Å²) >= 11 is 0. The molecular weight excluding hydrogens is 765 g/mol. The number of carbonyl (C=O) groups excluding carboxylic acids is 2. The molecule has 0 bridgehead atoms. The molecule has 0 saturated heterocycles. The highest BCUT2D eigenvalue weighted by molar-refractivity contribution is 5.70. The Labute approximate surface area is 385 Å². The zero-order chi connectivity index (χ0) is 44.9. The van der Waals surface area contributed by atoms with Gasteiger partial charge in [-0.25, -0.2) is 0 Å². The molecule has 0 spiro atoms. The lowest BCUT2D eigenvalue weighted by atomic mass is 10.0. The molecule has 5 heteroatoms. The lowest BCUT2D eigenvalue weighted by molar-refractivity contribution is -0.163. The van der Waals surface area contributed by atoms with Crippen molar-refractivity contribution >= 4 is 11.9 Å². The third-order valence-corrected chi connectivity index (χ3v) is 11.5. The average Bonchev–Trinajstić information content (AvgIpc) is 3.27. The fourth-order valence-corrected chi connectivity index (χ4v) is 7.56. The van der Waals surface area contributed by atoms with Crippen LogP contribution in [0.3, 0.4) is 0 Å². The summed E-state index contributed by atoms with van der Waals surface area (Å²) in [5, 5.41) is 0. The molecule has 0 radical (unpaired) electrons. The van der Waals surface area contributed by atoms with Gasteiger partial charge in [-0.05, 0) is 83.5 Å². The molecule has 0 N–H and O–H groups in total. The van der Waals surface area contributed by atoms with Gasteiger partial charge in [0, 0.05) is 19.4 Å². The Hall–Kier alpha value is -2.40. The molecule has 0 saturated carbocycles. The summed E-state index contributed by atoms with van der Waals surface area (Å²) in [5.74, 6) is -0.425. The number of esters is 2. The van der Waals surface area contributed by atoms with Crippen molar-refractivity contribution in [3.8, 4) is 0 Å². The second-order valence-electron chi connectivity index (χ2n) is 17.8. The maximum absolute atomic E-state index is 12.8. The minimum absolute atomic E-state index is 0.0709. The predicted octanol–water partition coefficient (Wildman–Crippen LogP) is 18.1. The highest BCUT2D eigenvalue weighted by atomic mass is 16.6. The second kappa shape index (κ2) is 52.9. The number of allylic oxidation sites excluding steroid dienone is 10. The first-order valence-corrected chi connectivity index (χ1v) is 26.8. The second-order valence-corrected chi connectivity index (χ2v) is 17.8. The normalized spacial score (nSPS) is 12.6. The van der Waals surface area contributed by atoms with Crippen molar-refractivity contribution in [3.05, 3.63) is 60.8 Å². The molecule has 0 fully saturated rings. The van der Waals surface area contributed by atoms with Crippen LogP contribution >= 0.6 is 0 Å². The highest BCUT2D eigenvalue weighted by Gasteiger charge is 2.17. The first kappa shape index (κ1) is 59.6. The van der Waals surface area contributed by atoms with Gasteiger partial charge in [0.25, 0.3) is 0 Å². The van der Waals surface area contributed by atoms with Gasteiger partial charge < -0.3 is 14.2 Å². The number of hydrogen-bond donors (Lipinski definition) is 0. The molecule has 0 aliphatic carbocycles. The van der Waals surface area contributed by atoms with Crippen molar-refractivity contribution in [1.29, 1.82) is 0 Å². The molecule has 1 unspecified atom stereocenters. The monoisotopic (exact) mass is 867 g/mol. The Morgan fingerprint density at radius 1 is 0.371 bits per heavy atom. The van der Waals surface area contributed by atoms with Crippen molar-refractivity contribution in [2.45, 2.75) is 271 Å². The molecule has 0 aliphatic heterocycles. The van der Waals surface area contributed by atoms with Crippen molar-refractivity contribution in [2.75, 3.05) is 19.8 Å². The van der Waals surface area contributed by atoms with E-state index in [9.17, 15) is 9.59 Å². The molecule has 62 heavy (non-hydrogen) atoms. The highest BCUT2D eigenvalue weighted by Crippen LogP contribution is 2.15. The molecule has 5 nitrogen and oxygen atoms in total. The Morgan fingerprint density at radius 2 is 0.726 bits per heavy atom. The third-order valence-electron chi connectivity index (χ3n) is 11.5. The zero-order valence-electron chi connectivity index (χ0n) is 41.4. The molecule has 0 heterocycles. The van der Waals surface area contributed by atoms with Crippen LogP contribution in [0.1, 0.15) is 265 Å². The predicted molar refractivity (Wildman–Crippen MR) is 270 cm³/mol. The molecule has 1 atom stereocenters. The van der Waals surface area contributed by atoms with Crippen LogP contribution in [-0.4, -0.2) is 37.9 Å². The van der Waals surface area contributed by atoms with Crippen LogP contribution in [0.25, 0.3) is 0 Å². The van der Waals surface area contributed by atoms with Gasteiger partial charge in [0.05, 0.1) is 6.61 Å². The number of hydrogen-bond acceptors (Lipinski definition) is 5. The standard InChI is InChI=1S/C57H102O5/c1-4-7-10-13-16-19-22-25-27-29-30-33-35-38-41-44-47-50-56(58)61-54-55(62-57(59)51-48-45-42-39-36-32-24-21-18-15-12-9-6-3)53-60-52-49-46-43-40-37-34-31-28-26-23-20-17-14-11-8-5-2/h7,10,16,19,21,24-25,27,30,33,55H,4-6,8-9,11-15,17-18,20,22-23,26,28-29,31-32,34-54H2,1-3H3/b10-7-,19-16-,24-21-,27-25-,33-30-. The summed E-state index contributed by atoms with van der Waals surface area (Å²) in [6, 6.07) is 0. The van der Waals surface area contributed by atoms with E-state index in [1.807, 2.05) is 0 Å². The Bertz CT molecular complexity index is 1070. The Morgan fingerprint density at radius 3 is 1.19 bits per heavy atom. The summed E-state index contributed by atoms with van der Waals surface area (Å²) in [5.41, 5.74) is 0. The lowest BCUT2D eigenvalue weighted by Crippen LogP contribution is -2.30. The summed E-state index contributed by atoms with van der Waals surface area (Å²) in [6.45, 7) is 7.70. The fraction of sp³-hybridized carbons (Fsp3) is 0.789. The van der Waals surface area contributed by atoms with Gasteiger partial charge in [-0.3, -0.25) is 9.59 Å². The minimum atomic E-state index is -0.549. The van der Waals surface area contributed by atoms with E-state index in [1.54, 1.807) is 0 Å². The van der Waals surface area contributed by atoms with E-state index < -0.39 is 6.10 Å². The molecule has 360 valence electrons. The van der Waals surface area contributed by atoms with Crippen molar-refractivity contribution in [2.24, 2.45) is 0 Å². The van der Waals surface area contributed by atoms with E-state index >= 15 is 0 Å². The van der Waals surface area contributed by atoms with Crippen molar-refractivity contribution < 1.29 is 23.8 Å². The molecule has 0 rings (SSSR count). The number of carbonyl (C=O) groups is 2. The van der Waals surface area contributed by atoms with E-state index in [-0.39, 0.29) is 25.2 Å². The van der Waals surface area contributed by atoms with Crippen LogP contribution in [0.4, 0.5) is 0 Å². The van der Waals surface area contributed by atoms with Crippen LogP contribution in [0.2, 0.25) is 0 Å². The van der Waals surface area contributed by atoms with E-state index in [0.29, 0.717) is 19.4 Å². The van der Waals surface area contributed by atoms with Gasteiger partial charge in [-0.15, -0.1) is 0 Å². The first-order chi connectivity index (χ1) is 30.6. The largest absolute Gasteiger partial charge is 0.462 e.